The van der Waals surface area contributed by atoms with Gasteiger partial charge >= 0.3 is 6.01 Å². The van der Waals surface area contributed by atoms with E-state index in [2.05, 4.69) is 25.1 Å². The molecule has 6 rings (SSSR count). The minimum absolute atomic E-state index is 0.255. The Morgan fingerprint density at radius 3 is 2.83 bits per heavy atom. The van der Waals surface area contributed by atoms with Crippen LogP contribution in [0.25, 0.3) is 22.6 Å². The number of nitrogens with zero attached hydrogens (tertiary/aromatic N) is 5. The summed E-state index contributed by atoms with van der Waals surface area (Å²) in [6.45, 7) is 0.695. The average molecular weight is 384 g/mol. The highest BCUT2D eigenvalue weighted by Crippen LogP contribution is 2.38. The Labute approximate surface area is 165 Å². The minimum Gasteiger partial charge on any atom is -0.458 e. The molecule has 1 aliphatic heterocycles. The van der Waals surface area contributed by atoms with E-state index in [9.17, 15) is 0 Å². The number of nitrogens with one attached hydrogen (secondary N) is 1. The molecule has 5 heterocycles. The predicted octanol–water partition coefficient (Wildman–Crippen LogP) is 3.75. The van der Waals surface area contributed by atoms with E-state index in [1.54, 1.807) is 12.5 Å². The molecule has 29 heavy (non-hydrogen) atoms. The van der Waals surface area contributed by atoms with Crippen molar-refractivity contribution in [2.75, 3.05) is 11.4 Å². The fraction of sp³-hybridized carbons (Fsp3) is 0.143. The Morgan fingerprint density at radius 1 is 1.00 bits per heavy atom. The highest BCUT2D eigenvalue weighted by Gasteiger charge is 2.36. The number of rotatable bonds is 3. The number of furan rings is 1. The van der Waals surface area contributed by atoms with E-state index in [-0.39, 0.29) is 6.04 Å². The van der Waals surface area contributed by atoms with Crippen molar-refractivity contribution in [2.45, 2.75) is 12.5 Å². The third kappa shape index (κ3) is 2.60. The van der Waals surface area contributed by atoms with Crippen molar-refractivity contribution < 1.29 is 8.83 Å². The van der Waals surface area contributed by atoms with Crippen molar-refractivity contribution in [2.24, 2.45) is 0 Å². The van der Waals surface area contributed by atoms with Gasteiger partial charge in [0.05, 0.1) is 12.0 Å². The van der Waals surface area contributed by atoms with E-state index in [0.717, 1.165) is 34.5 Å². The number of anilines is 1. The number of imidazole rings is 1. The Bertz CT molecular complexity index is 1260. The molecule has 0 unspecified atom stereocenters. The summed E-state index contributed by atoms with van der Waals surface area (Å²) < 4.78 is 12.2. The van der Waals surface area contributed by atoms with Gasteiger partial charge in [-0.15, -0.1) is 5.10 Å². The summed E-state index contributed by atoms with van der Waals surface area (Å²) in [6.07, 6.45) is 4.22. The summed E-state index contributed by atoms with van der Waals surface area (Å²) in [6, 6.07) is 15.8. The Hall–Kier alpha value is -3.94. The molecule has 4 aromatic heterocycles. The van der Waals surface area contributed by atoms with E-state index < -0.39 is 0 Å². The normalized spacial score (nSPS) is 16.3. The third-order valence-electron chi connectivity index (χ3n) is 5.18. The van der Waals surface area contributed by atoms with Crippen LogP contribution >= 0.6 is 0 Å². The number of aromatic nitrogens is 5. The zero-order chi connectivity index (χ0) is 19.2. The summed E-state index contributed by atoms with van der Waals surface area (Å²) in [5.74, 6) is 1.17. The summed E-state index contributed by atoms with van der Waals surface area (Å²) in [4.78, 5) is 14.1. The lowest BCUT2D eigenvalue weighted by Crippen LogP contribution is -2.36. The summed E-state index contributed by atoms with van der Waals surface area (Å²) in [5, 5.41) is 9.54. The zero-order valence-corrected chi connectivity index (χ0v) is 15.3. The largest absolute Gasteiger partial charge is 0.458 e. The van der Waals surface area contributed by atoms with Gasteiger partial charge < -0.3 is 18.7 Å². The van der Waals surface area contributed by atoms with Crippen LogP contribution < -0.4 is 4.90 Å². The van der Waals surface area contributed by atoms with Crippen molar-refractivity contribution >= 4 is 17.0 Å². The van der Waals surface area contributed by atoms with Crippen LogP contribution in [0.1, 0.15) is 23.2 Å². The molecule has 0 aliphatic carbocycles. The van der Waals surface area contributed by atoms with Crippen LogP contribution in [0.2, 0.25) is 0 Å². The van der Waals surface area contributed by atoms with Gasteiger partial charge in [0.2, 0.25) is 0 Å². The van der Waals surface area contributed by atoms with Crippen LogP contribution in [0.15, 0.2) is 69.9 Å². The van der Waals surface area contributed by atoms with Gasteiger partial charge in [-0.1, -0.05) is 29.4 Å². The lowest BCUT2D eigenvalue weighted by atomic mass is 10.0. The molecular formula is C21H16N6O2. The second-order valence-electron chi connectivity index (χ2n) is 6.90. The Morgan fingerprint density at radius 2 is 1.93 bits per heavy atom. The molecule has 0 bridgehead atoms. The van der Waals surface area contributed by atoms with Crippen molar-refractivity contribution in [3.8, 4) is 11.6 Å². The number of aromatic amines is 1. The number of hydrogen-bond donors (Lipinski definition) is 1. The smallest absolute Gasteiger partial charge is 0.319 e. The zero-order valence-electron chi connectivity index (χ0n) is 15.3. The lowest BCUT2D eigenvalue weighted by Gasteiger charge is -2.31. The molecule has 0 radical (unpaired) electrons. The van der Waals surface area contributed by atoms with Gasteiger partial charge in [-0.05, 0) is 24.3 Å². The molecule has 1 aromatic carbocycles. The van der Waals surface area contributed by atoms with Gasteiger partial charge in [0.1, 0.15) is 23.1 Å². The number of hydrogen-bond acceptors (Lipinski definition) is 7. The van der Waals surface area contributed by atoms with E-state index in [1.807, 2.05) is 53.4 Å². The SMILES string of the molecule is c1ccc(-c2nnc(N3CCc4[nH]cnc4[C@@H]3c3cc4ccccc4o3)o2)nc1. The van der Waals surface area contributed by atoms with Gasteiger partial charge in [0, 0.05) is 30.2 Å². The first-order valence-corrected chi connectivity index (χ1v) is 9.39. The van der Waals surface area contributed by atoms with Gasteiger partial charge in [-0.3, -0.25) is 4.98 Å². The second-order valence-corrected chi connectivity index (χ2v) is 6.90. The molecule has 0 saturated heterocycles. The van der Waals surface area contributed by atoms with Crippen LogP contribution in [0.5, 0.6) is 0 Å². The lowest BCUT2D eigenvalue weighted by molar-refractivity contribution is 0.453. The molecule has 1 aliphatic rings. The summed E-state index contributed by atoms with van der Waals surface area (Å²) >= 11 is 0. The maximum absolute atomic E-state index is 6.18. The molecule has 0 saturated carbocycles. The Balaban J connectivity index is 1.45. The number of pyridine rings is 1. The predicted molar refractivity (Wildman–Crippen MR) is 105 cm³/mol. The number of benzene rings is 1. The minimum atomic E-state index is -0.255. The monoisotopic (exact) mass is 384 g/mol. The fourth-order valence-electron chi connectivity index (χ4n) is 3.83. The third-order valence-corrected chi connectivity index (χ3v) is 5.18. The molecule has 0 fully saturated rings. The number of H-pyrrole nitrogens is 1. The van der Waals surface area contributed by atoms with Crippen LogP contribution in [-0.4, -0.2) is 31.7 Å². The maximum atomic E-state index is 6.18. The second kappa shape index (κ2) is 6.30. The molecular weight excluding hydrogens is 368 g/mol. The van der Waals surface area contributed by atoms with E-state index in [4.69, 9.17) is 8.83 Å². The highest BCUT2D eigenvalue weighted by molar-refractivity contribution is 5.78. The average Bonchev–Trinajstić information content (AvgIpc) is 3.52. The fourth-order valence-corrected chi connectivity index (χ4v) is 3.83. The Kier molecular flexibility index (Phi) is 3.49. The molecule has 5 aromatic rings. The molecule has 0 amide bonds. The van der Waals surface area contributed by atoms with Gasteiger partial charge in [0.25, 0.3) is 5.89 Å². The van der Waals surface area contributed by atoms with Crippen LogP contribution in [-0.2, 0) is 6.42 Å². The standard InChI is InChI=1S/C21H16N6O2/c1-2-7-16-13(5-1)11-17(28-16)19-18-14(23-12-24-18)8-10-27(19)21-26-25-20(29-21)15-6-3-4-9-22-15/h1-7,9,11-12,19H,8,10H2,(H,23,24)/t19-/m0/s1. The summed E-state index contributed by atoms with van der Waals surface area (Å²) in [5.41, 5.74) is 3.48. The number of para-hydroxylation sites is 1. The molecule has 8 nitrogen and oxygen atoms in total. The van der Waals surface area contributed by atoms with E-state index in [0.29, 0.717) is 24.1 Å². The van der Waals surface area contributed by atoms with Gasteiger partial charge in [-0.2, -0.15) is 0 Å². The first-order valence-electron chi connectivity index (χ1n) is 9.39. The molecule has 142 valence electrons. The maximum Gasteiger partial charge on any atom is 0.319 e. The van der Waals surface area contributed by atoms with Crippen LogP contribution in [0.3, 0.4) is 0 Å². The highest BCUT2D eigenvalue weighted by atomic mass is 16.4. The van der Waals surface area contributed by atoms with Crippen molar-refractivity contribution in [1.82, 2.24) is 25.1 Å². The van der Waals surface area contributed by atoms with E-state index in [1.165, 1.54) is 0 Å². The van der Waals surface area contributed by atoms with Gasteiger partial charge in [-0.25, -0.2) is 4.98 Å². The molecule has 8 heteroatoms. The van der Waals surface area contributed by atoms with Crippen LogP contribution in [0, 0.1) is 0 Å². The topological polar surface area (TPSA) is 96.9 Å². The first kappa shape index (κ1) is 16.1. The van der Waals surface area contributed by atoms with E-state index >= 15 is 0 Å². The van der Waals surface area contributed by atoms with Crippen molar-refractivity contribution in [3.63, 3.8) is 0 Å². The van der Waals surface area contributed by atoms with Crippen molar-refractivity contribution in [3.05, 3.63) is 78.2 Å². The molecule has 0 spiro atoms. The summed E-state index contributed by atoms with van der Waals surface area (Å²) in [7, 11) is 0. The quantitative estimate of drug-likeness (QED) is 0.506. The van der Waals surface area contributed by atoms with Gasteiger partial charge in [0.15, 0.2) is 0 Å². The molecule has 1 N–H and O–H groups in total. The van der Waals surface area contributed by atoms with Crippen LogP contribution in [0.4, 0.5) is 6.01 Å². The number of fused-ring (bicyclic) bond motifs is 2. The van der Waals surface area contributed by atoms with Crippen molar-refractivity contribution in [1.29, 1.82) is 0 Å². The first-order chi connectivity index (χ1) is 14.4. The molecule has 1 atom stereocenters.